The van der Waals surface area contributed by atoms with Crippen molar-refractivity contribution in [2.45, 2.75) is 46.5 Å². The summed E-state index contributed by atoms with van der Waals surface area (Å²) in [5, 5.41) is 2.96. The molecule has 4 nitrogen and oxygen atoms in total. The van der Waals surface area contributed by atoms with Crippen LogP contribution in [0.15, 0.2) is 42.5 Å². The molecule has 0 unspecified atom stereocenters. The van der Waals surface area contributed by atoms with Gasteiger partial charge in [-0.15, -0.1) is 0 Å². The average molecular weight is 364 g/mol. The van der Waals surface area contributed by atoms with Crippen LogP contribution in [0.5, 0.6) is 0 Å². The Hall–Kier alpha value is -2.62. The molecule has 4 heteroatoms. The number of benzene rings is 2. The number of anilines is 2. The second-order valence-electron chi connectivity index (χ2n) is 8.44. The summed E-state index contributed by atoms with van der Waals surface area (Å²) in [5.74, 6) is -0.425. The normalized spacial score (nSPS) is 17.3. The third-order valence-corrected chi connectivity index (χ3v) is 5.38. The van der Waals surface area contributed by atoms with Crippen LogP contribution in [-0.2, 0) is 15.0 Å². The molecule has 1 heterocycles. The van der Waals surface area contributed by atoms with Gasteiger partial charge in [0.1, 0.15) is 0 Å². The Balaban J connectivity index is 1.70. The maximum absolute atomic E-state index is 12.7. The summed E-state index contributed by atoms with van der Waals surface area (Å²) in [6, 6.07) is 13.9. The van der Waals surface area contributed by atoms with Crippen LogP contribution in [-0.4, -0.2) is 18.4 Å². The zero-order valence-corrected chi connectivity index (χ0v) is 16.8. The summed E-state index contributed by atoms with van der Waals surface area (Å²) >= 11 is 0. The highest BCUT2D eigenvalue weighted by Gasteiger charge is 2.35. The van der Waals surface area contributed by atoms with Crippen LogP contribution in [0.1, 0.15) is 43.9 Å². The smallest absolute Gasteiger partial charge is 0.229 e. The minimum Gasteiger partial charge on any atom is -0.326 e. The van der Waals surface area contributed by atoms with E-state index in [0.29, 0.717) is 6.54 Å². The van der Waals surface area contributed by atoms with E-state index < -0.39 is 0 Å². The van der Waals surface area contributed by atoms with Crippen LogP contribution in [0.25, 0.3) is 0 Å². The largest absolute Gasteiger partial charge is 0.326 e. The monoisotopic (exact) mass is 364 g/mol. The number of aryl methyl sites for hydroxylation is 1. The summed E-state index contributed by atoms with van der Waals surface area (Å²) in [6.07, 6.45) is 0.249. The summed E-state index contributed by atoms with van der Waals surface area (Å²) in [7, 11) is 0. The van der Waals surface area contributed by atoms with Crippen molar-refractivity contribution in [3.05, 3.63) is 59.2 Å². The lowest BCUT2D eigenvalue weighted by Crippen LogP contribution is -2.28. The van der Waals surface area contributed by atoms with Crippen LogP contribution >= 0.6 is 0 Å². The second kappa shape index (κ2) is 7.18. The zero-order valence-electron chi connectivity index (χ0n) is 16.8. The van der Waals surface area contributed by atoms with Gasteiger partial charge >= 0.3 is 0 Å². The highest BCUT2D eigenvalue weighted by atomic mass is 16.2. The highest BCUT2D eigenvalue weighted by molar-refractivity contribution is 6.03. The predicted molar refractivity (Wildman–Crippen MR) is 110 cm³/mol. The lowest BCUT2D eigenvalue weighted by atomic mass is 9.87. The average Bonchev–Trinajstić information content (AvgIpc) is 2.99. The molecule has 1 fully saturated rings. The van der Waals surface area contributed by atoms with E-state index in [1.54, 1.807) is 4.90 Å². The Morgan fingerprint density at radius 2 is 1.74 bits per heavy atom. The first-order valence-corrected chi connectivity index (χ1v) is 9.45. The predicted octanol–water partition coefficient (Wildman–Crippen LogP) is 4.59. The van der Waals surface area contributed by atoms with Gasteiger partial charge in [-0.3, -0.25) is 9.59 Å². The summed E-state index contributed by atoms with van der Waals surface area (Å²) in [5.41, 5.74) is 5.21. The van der Waals surface area contributed by atoms with E-state index in [-0.39, 0.29) is 29.6 Å². The first-order valence-electron chi connectivity index (χ1n) is 9.45. The first kappa shape index (κ1) is 19.2. The van der Waals surface area contributed by atoms with Gasteiger partial charge < -0.3 is 10.2 Å². The summed E-state index contributed by atoms with van der Waals surface area (Å²) in [4.78, 5) is 26.9. The number of hydrogen-bond donors (Lipinski definition) is 1. The van der Waals surface area contributed by atoms with Crippen molar-refractivity contribution in [2.75, 3.05) is 16.8 Å². The van der Waals surface area contributed by atoms with Crippen molar-refractivity contribution >= 4 is 23.2 Å². The minimum absolute atomic E-state index is 0.00642. The van der Waals surface area contributed by atoms with Gasteiger partial charge in [-0.05, 0) is 54.2 Å². The minimum atomic E-state index is -0.334. The van der Waals surface area contributed by atoms with Crippen LogP contribution in [0, 0.1) is 19.8 Å². The highest BCUT2D eigenvalue weighted by Crippen LogP contribution is 2.30. The Bertz CT molecular complexity index is 863. The van der Waals surface area contributed by atoms with Gasteiger partial charge in [-0.2, -0.15) is 0 Å². The molecule has 2 aromatic carbocycles. The van der Waals surface area contributed by atoms with E-state index in [2.05, 4.69) is 26.1 Å². The standard InChI is InChI=1S/C23H28N2O2/c1-15-7-6-8-20(16(15)2)25-14-17(13-21(25)26)22(27)24-19-11-9-18(10-12-19)23(3,4)5/h6-12,17H,13-14H2,1-5H3,(H,24,27)/t17-/m1/s1. The fourth-order valence-corrected chi connectivity index (χ4v) is 3.44. The number of carbonyl (C=O) groups excluding carboxylic acids is 2. The van der Waals surface area contributed by atoms with Gasteiger partial charge in [-0.1, -0.05) is 45.0 Å². The topological polar surface area (TPSA) is 49.4 Å². The first-order chi connectivity index (χ1) is 12.7. The quantitative estimate of drug-likeness (QED) is 0.866. The molecule has 0 bridgehead atoms. The van der Waals surface area contributed by atoms with Gasteiger partial charge in [0.2, 0.25) is 11.8 Å². The lowest BCUT2D eigenvalue weighted by Gasteiger charge is -2.20. The molecule has 142 valence electrons. The fourth-order valence-electron chi connectivity index (χ4n) is 3.44. The van der Waals surface area contributed by atoms with Gasteiger partial charge in [0.25, 0.3) is 0 Å². The van der Waals surface area contributed by atoms with Gasteiger partial charge in [0.05, 0.1) is 5.92 Å². The molecule has 0 saturated carbocycles. The molecular weight excluding hydrogens is 336 g/mol. The SMILES string of the molecule is Cc1cccc(N2C[C@H](C(=O)Nc3ccc(C(C)(C)C)cc3)CC2=O)c1C. The van der Waals surface area contributed by atoms with Crippen molar-refractivity contribution in [2.24, 2.45) is 5.92 Å². The van der Waals surface area contributed by atoms with Crippen molar-refractivity contribution in [1.82, 2.24) is 0 Å². The van der Waals surface area contributed by atoms with E-state index in [4.69, 9.17) is 0 Å². The Labute approximate surface area is 161 Å². The van der Waals surface area contributed by atoms with E-state index in [9.17, 15) is 9.59 Å². The molecule has 1 atom stereocenters. The molecule has 2 amide bonds. The molecule has 2 aromatic rings. The third-order valence-electron chi connectivity index (χ3n) is 5.38. The molecular formula is C23H28N2O2. The number of hydrogen-bond acceptors (Lipinski definition) is 2. The van der Waals surface area contributed by atoms with Crippen molar-refractivity contribution < 1.29 is 9.59 Å². The van der Waals surface area contributed by atoms with Gasteiger partial charge in [0, 0.05) is 24.3 Å². The molecule has 1 aliphatic heterocycles. The van der Waals surface area contributed by atoms with Crippen LogP contribution < -0.4 is 10.2 Å². The third kappa shape index (κ3) is 4.05. The van der Waals surface area contributed by atoms with E-state index in [1.165, 1.54) is 5.56 Å². The van der Waals surface area contributed by atoms with E-state index >= 15 is 0 Å². The molecule has 3 rings (SSSR count). The van der Waals surface area contributed by atoms with Crippen LogP contribution in [0.3, 0.4) is 0 Å². The molecule has 27 heavy (non-hydrogen) atoms. The van der Waals surface area contributed by atoms with Crippen molar-refractivity contribution in [3.63, 3.8) is 0 Å². The Morgan fingerprint density at radius 1 is 1.07 bits per heavy atom. The zero-order chi connectivity index (χ0) is 19.8. The molecule has 0 spiro atoms. The molecule has 1 saturated heterocycles. The molecule has 1 aliphatic rings. The molecule has 0 aliphatic carbocycles. The Morgan fingerprint density at radius 3 is 2.37 bits per heavy atom. The number of carbonyl (C=O) groups is 2. The van der Waals surface area contributed by atoms with E-state index in [0.717, 1.165) is 22.5 Å². The summed E-state index contributed by atoms with van der Waals surface area (Å²) in [6.45, 7) is 11.0. The van der Waals surface area contributed by atoms with E-state index in [1.807, 2.05) is 56.3 Å². The number of rotatable bonds is 3. The maximum Gasteiger partial charge on any atom is 0.229 e. The second-order valence-corrected chi connectivity index (χ2v) is 8.44. The number of nitrogens with one attached hydrogen (secondary N) is 1. The number of nitrogens with zero attached hydrogens (tertiary/aromatic N) is 1. The maximum atomic E-state index is 12.7. The van der Waals surface area contributed by atoms with Crippen LogP contribution in [0.4, 0.5) is 11.4 Å². The van der Waals surface area contributed by atoms with Gasteiger partial charge in [-0.25, -0.2) is 0 Å². The summed E-state index contributed by atoms with van der Waals surface area (Å²) < 4.78 is 0. The van der Waals surface area contributed by atoms with Crippen molar-refractivity contribution in [1.29, 1.82) is 0 Å². The van der Waals surface area contributed by atoms with Gasteiger partial charge in [0.15, 0.2) is 0 Å². The Kier molecular flexibility index (Phi) is 5.09. The van der Waals surface area contributed by atoms with Crippen molar-refractivity contribution in [3.8, 4) is 0 Å². The molecule has 1 N–H and O–H groups in total. The van der Waals surface area contributed by atoms with Crippen LogP contribution in [0.2, 0.25) is 0 Å². The molecule has 0 aromatic heterocycles. The number of amides is 2. The fraction of sp³-hybridized carbons (Fsp3) is 0.391. The molecule has 0 radical (unpaired) electrons. The lowest BCUT2D eigenvalue weighted by molar-refractivity contribution is -0.122.